The van der Waals surface area contributed by atoms with Crippen LogP contribution in [-0.4, -0.2) is 21.7 Å². The fourth-order valence-corrected chi connectivity index (χ4v) is 3.01. The predicted octanol–water partition coefficient (Wildman–Crippen LogP) is 4.74. The Morgan fingerprint density at radius 3 is 2.70 bits per heavy atom. The number of aromatic amines is 1. The lowest BCUT2D eigenvalue weighted by Gasteiger charge is -2.09. The van der Waals surface area contributed by atoms with Crippen LogP contribution >= 0.6 is 23.2 Å². The number of anilines is 2. The van der Waals surface area contributed by atoms with Crippen LogP contribution in [0.15, 0.2) is 42.6 Å². The highest BCUT2D eigenvalue weighted by Gasteiger charge is 2.12. The minimum atomic E-state index is 0.666. The highest BCUT2D eigenvalue weighted by Crippen LogP contribution is 2.30. The number of nitrogens with zero attached hydrogens (tertiary/aromatic N) is 2. The van der Waals surface area contributed by atoms with Crippen LogP contribution in [0.4, 0.5) is 11.6 Å². The van der Waals surface area contributed by atoms with E-state index in [1.807, 2.05) is 54.3 Å². The van der Waals surface area contributed by atoms with Crippen molar-refractivity contribution in [2.45, 2.75) is 0 Å². The molecule has 3 N–H and O–H groups in total. The van der Waals surface area contributed by atoms with E-state index in [1.165, 1.54) is 0 Å². The third-order valence-electron chi connectivity index (χ3n) is 3.73. The summed E-state index contributed by atoms with van der Waals surface area (Å²) in [6.45, 7) is 0. The SMILES string of the molecule is CNn1c(Nc2c[nH]c3ccc(Cl)cc23)nc2ccc(Cl)cc21. The third-order valence-corrected chi connectivity index (χ3v) is 4.20. The molecule has 0 amide bonds. The Morgan fingerprint density at radius 1 is 1.09 bits per heavy atom. The minimum absolute atomic E-state index is 0.666. The van der Waals surface area contributed by atoms with Gasteiger partial charge in [-0.05, 0) is 36.4 Å². The van der Waals surface area contributed by atoms with Crippen molar-refractivity contribution in [3.8, 4) is 0 Å². The monoisotopic (exact) mass is 345 g/mol. The minimum Gasteiger partial charge on any atom is -0.359 e. The average molecular weight is 346 g/mol. The smallest absolute Gasteiger partial charge is 0.227 e. The van der Waals surface area contributed by atoms with Crippen LogP contribution in [0.3, 0.4) is 0 Å². The lowest BCUT2D eigenvalue weighted by Crippen LogP contribution is -2.11. The molecule has 0 saturated carbocycles. The zero-order valence-electron chi connectivity index (χ0n) is 12.2. The molecule has 0 aliphatic carbocycles. The van der Waals surface area contributed by atoms with E-state index in [4.69, 9.17) is 23.2 Å². The van der Waals surface area contributed by atoms with Crippen LogP contribution in [0.25, 0.3) is 21.9 Å². The van der Waals surface area contributed by atoms with E-state index < -0.39 is 0 Å². The fraction of sp³-hybridized carbons (Fsp3) is 0.0625. The fourth-order valence-electron chi connectivity index (χ4n) is 2.68. The van der Waals surface area contributed by atoms with Gasteiger partial charge in [0.25, 0.3) is 0 Å². The summed E-state index contributed by atoms with van der Waals surface area (Å²) in [6, 6.07) is 11.3. The maximum absolute atomic E-state index is 6.10. The highest BCUT2D eigenvalue weighted by molar-refractivity contribution is 6.31. The van der Waals surface area contributed by atoms with Gasteiger partial charge in [-0.3, -0.25) is 0 Å². The number of aromatic nitrogens is 3. The lowest BCUT2D eigenvalue weighted by molar-refractivity contribution is 0.966. The van der Waals surface area contributed by atoms with Crippen molar-refractivity contribution in [3.63, 3.8) is 0 Å². The highest BCUT2D eigenvalue weighted by atomic mass is 35.5. The summed E-state index contributed by atoms with van der Waals surface area (Å²) in [7, 11) is 1.83. The van der Waals surface area contributed by atoms with E-state index in [1.54, 1.807) is 0 Å². The van der Waals surface area contributed by atoms with E-state index in [0.717, 1.165) is 27.6 Å². The Morgan fingerprint density at radius 2 is 1.87 bits per heavy atom. The summed E-state index contributed by atoms with van der Waals surface area (Å²) in [5, 5.41) is 5.70. The second-order valence-electron chi connectivity index (χ2n) is 5.14. The zero-order chi connectivity index (χ0) is 16.0. The Kier molecular flexibility index (Phi) is 3.32. The maximum atomic E-state index is 6.10. The van der Waals surface area contributed by atoms with Crippen LogP contribution < -0.4 is 10.7 Å². The first kappa shape index (κ1) is 14.2. The number of hydrogen-bond donors (Lipinski definition) is 3. The topological polar surface area (TPSA) is 57.7 Å². The van der Waals surface area contributed by atoms with E-state index >= 15 is 0 Å². The molecule has 0 fully saturated rings. The number of imidazole rings is 1. The standard InChI is InChI=1S/C16H13Cl2N5/c1-19-23-15-7-10(18)3-5-13(15)21-16(23)22-14-8-20-12-4-2-9(17)6-11(12)14/h2-8,19-20H,1H3,(H,21,22). The molecule has 0 saturated heterocycles. The van der Waals surface area contributed by atoms with Crippen molar-refractivity contribution in [3.05, 3.63) is 52.6 Å². The molecule has 0 spiro atoms. The van der Waals surface area contributed by atoms with Gasteiger partial charge >= 0.3 is 0 Å². The molecule has 2 aromatic carbocycles. The van der Waals surface area contributed by atoms with Gasteiger partial charge in [0.2, 0.25) is 5.95 Å². The molecule has 0 aliphatic rings. The van der Waals surface area contributed by atoms with Crippen LogP contribution in [0, 0.1) is 0 Å². The van der Waals surface area contributed by atoms with Crippen LogP contribution in [0.2, 0.25) is 10.0 Å². The number of nitrogens with one attached hydrogen (secondary N) is 3. The number of benzene rings is 2. The molecule has 0 radical (unpaired) electrons. The van der Waals surface area contributed by atoms with Gasteiger partial charge in [0, 0.05) is 34.2 Å². The molecule has 2 heterocycles. The molecular weight excluding hydrogens is 333 g/mol. The van der Waals surface area contributed by atoms with Crippen LogP contribution in [-0.2, 0) is 0 Å². The quantitative estimate of drug-likeness (QED) is 0.502. The van der Waals surface area contributed by atoms with Gasteiger partial charge in [0.1, 0.15) is 0 Å². The van der Waals surface area contributed by atoms with E-state index in [2.05, 4.69) is 20.7 Å². The van der Waals surface area contributed by atoms with Crippen molar-refractivity contribution in [1.82, 2.24) is 14.6 Å². The van der Waals surface area contributed by atoms with Gasteiger partial charge in [0.05, 0.1) is 16.7 Å². The molecule has 4 aromatic rings. The van der Waals surface area contributed by atoms with Crippen molar-refractivity contribution >= 4 is 56.8 Å². The van der Waals surface area contributed by atoms with Crippen molar-refractivity contribution in [2.24, 2.45) is 0 Å². The predicted molar refractivity (Wildman–Crippen MR) is 96.6 cm³/mol. The molecule has 4 rings (SSSR count). The summed E-state index contributed by atoms with van der Waals surface area (Å²) in [4.78, 5) is 7.83. The number of fused-ring (bicyclic) bond motifs is 2. The number of hydrogen-bond acceptors (Lipinski definition) is 3. The molecular formula is C16H13Cl2N5. The molecule has 116 valence electrons. The Bertz CT molecular complexity index is 1020. The first-order valence-electron chi connectivity index (χ1n) is 7.05. The molecule has 7 heteroatoms. The van der Waals surface area contributed by atoms with Gasteiger partial charge in [-0.25, -0.2) is 9.66 Å². The van der Waals surface area contributed by atoms with Crippen molar-refractivity contribution in [2.75, 3.05) is 17.8 Å². The number of H-pyrrole nitrogens is 1. The number of halogens is 2. The largest absolute Gasteiger partial charge is 0.359 e. The molecule has 0 bridgehead atoms. The first-order chi connectivity index (χ1) is 11.2. The maximum Gasteiger partial charge on any atom is 0.227 e. The molecule has 0 unspecified atom stereocenters. The van der Waals surface area contributed by atoms with E-state index in [-0.39, 0.29) is 0 Å². The second kappa shape index (κ2) is 5.37. The normalized spacial score (nSPS) is 11.3. The van der Waals surface area contributed by atoms with Crippen LogP contribution in [0.5, 0.6) is 0 Å². The average Bonchev–Trinajstić information content (AvgIpc) is 3.08. The summed E-state index contributed by atoms with van der Waals surface area (Å²) in [5.41, 5.74) is 6.78. The molecule has 0 aliphatic heterocycles. The summed E-state index contributed by atoms with van der Waals surface area (Å²) in [5.74, 6) is 0.672. The number of rotatable bonds is 3. The Hall–Kier alpha value is -2.37. The van der Waals surface area contributed by atoms with Gasteiger partial charge in [0.15, 0.2) is 0 Å². The first-order valence-corrected chi connectivity index (χ1v) is 7.81. The lowest BCUT2D eigenvalue weighted by atomic mass is 10.2. The molecule has 2 aromatic heterocycles. The van der Waals surface area contributed by atoms with Crippen LogP contribution in [0.1, 0.15) is 0 Å². The summed E-state index contributed by atoms with van der Waals surface area (Å²) >= 11 is 12.2. The summed E-state index contributed by atoms with van der Waals surface area (Å²) < 4.78 is 1.85. The van der Waals surface area contributed by atoms with E-state index in [0.29, 0.717) is 16.0 Å². The van der Waals surface area contributed by atoms with Gasteiger partial charge in [-0.15, -0.1) is 0 Å². The zero-order valence-corrected chi connectivity index (χ0v) is 13.7. The van der Waals surface area contributed by atoms with E-state index in [9.17, 15) is 0 Å². The second-order valence-corrected chi connectivity index (χ2v) is 6.02. The molecule has 0 atom stereocenters. The van der Waals surface area contributed by atoms with Gasteiger partial charge in [-0.2, -0.15) is 0 Å². The van der Waals surface area contributed by atoms with Crippen molar-refractivity contribution < 1.29 is 0 Å². The van der Waals surface area contributed by atoms with Crippen molar-refractivity contribution in [1.29, 1.82) is 0 Å². The van der Waals surface area contributed by atoms with Gasteiger partial charge in [-0.1, -0.05) is 23.2 Å². The van der Waals surface area contributed by atoms with Gasteiger partial charge < -0.3 is 15.7 Å². The molecule has 5 nitrogen and oxygen atoms in total. The Labute approximate surface area is 142 Å². The third kappa shape index (κ3) is 2.38. The Balaban J connectivity index is 1.84. The summed E-state index contributed by atoms with van der Waals surface area (Å²) in [6.07, 6.45) is 1.90. The molecule has 23 heavy (non-hydrogen) atoms.